The average Bonchev–Trinajstić information content (AvgIpc) is 2.49. The van der Waals surface area contributed by atoms with Gasteiger partial charge in [-0.05, 0) is 50.8 Å². The smallest absolute Gasteiger partial charge is 0.225 e. The number of anilines is 1. The highest BCUT2D eigenvalue weighted by molar-refractivity contribution is 5.90. The molecule has 1 aliphatic rings. The van der Waals surface area contributed by atoms with Crippen molar-refractivity contribution >= 4 is 11.6 Å². The molecule has 0 atom stereocenters. The Kier molecular flexibility index (Phi) is 6.32. The Morgan fingerprint density at radius 1 is 1.10 bits per heavy atom. The lowest BCUT2D eigenvalue weighted by Gasteiger charge is -2.12. The van der Waals surface area contributed by atoms with E-state index >= 15 is 0 Å². The Hall–Kier alpha value is -1.61. The van der Waals surface area contributed by atoms with Crippen molar-refractivity contribution in [3.05, 3.63) is 42.0 Å². The molecule has 0 fully saturated rings. The fraction of sp³-hybridized carbons (Fsp3) is 0.471. The Labute approximate surface area is 121 Å². The zero-order valence-corrected chi connectivity index (χ0v) is 12.0. The second-order valence-electron chi connectivity index (χ2n) is 5.27. The van der Waals surface area contributed by atoms with Gasteiger partial charge in [0.05, 0.1) is 0 Å². The maximum Gasteiger partial charge on any atom is 0.225 e. The molecular formula is C17H24N2O. The van der Waals surface area contributed by atoms with E-state index in [0.717, 1.165) is 25.2 Å². The molecule has 20 heavy (non-hydrogen) atoms. The largest absolute Gasteiger partial charge is 0.326 e. The lowest BCUT2D eigenvalue weighted by molar-refractivity contribution is -0.116. The molecule has 1 amide bonds. The number of rotatable bonds is 7. The predicted octanol–water partition coefficient (Wildman–Crippen LogP) is 3.50. The van der Waals surface area contributed by atoms with Crippen LogP contribution in [-0.4, -0.2) is 19.0 Å². The Bertz CT molecular complexity index is 440. The molecule has 2 N–H and O–H groups in total. The van der Waals surface area contributed by atoms with E-state index in [0.29, 0.717) is 6.42 Å². The maximum atomic E-state index is 11.7. The third-order valence-corrected chi connectivity index (χ3v) is 3.59. The molecule has 3 nitrogen and oxygen atoms in total. The maximum absolute atomic E-state index is 11.7. The van der Waals surface area contributed by atoms with Crippen LogP contribution in [0.5, 0.6) is 0 Å². The molecule has 0 spiro atoms. The van der Waals surface area contributed by atoms with E-state index in [9.17, 15) is 4.79 Å². The van der Waals surface area contributed by atoms with Crippen molar-refractivity contribution in [2.24, 2.45) is 0 Å². The predicted molar refractivity (Wildman–Crippen MR) is 83.7 cm³/mol. The highest BCUT2D eigenvalue weighted by Crippen LogP contribution is 2.19. The molecule has 108 valence electrons. The lowest BCUT2D eigenvalue weighted by atomic mass is 9.97. The summed E-state index contributed by atoms with van der Waals surface area (Å²) in [5, 5.41) is 6.24. The van der Waals surface area contributed by atoms with Crippen LogP contribution >= 0.6 is 0 Å². The van der Waals surface area contributed by atoms with Crippen molar-refractivity contribution in [3.63, 3.8) is 0 Å². The molecule has 1 aromatic carbocycles. The van der Waals surface area contributed by atoms with E-state index in [2.05, 4.69) is 16.7 Å². The van der Waals surface area contributed by atoms with Crippen LogP contribution < -0.4 is 10.6 Å². The first-order chi connectivity index (χ1) is 9.84. The van der Waals surface area contributed by atoms with Crippen molar-refractivity contribution in [1.82, 2.24) is 5.32 Å². The van der Waals surface area contributed by atoms with Crippen LogP contribution in [0.1, 0.15) is 38.5 Å². The van der Waals surface area contributed by atoms with E-state index in [4.69, 9.17) is 0 Å². The van der Waals surface area contributed by atoms with Crippen LogP contribution in [0.4, 0.5) is 5.69 Å². The summed E-state index contributed by atoms with van der Waals surface area (Å²) in [5.74, 6) is 0.0700. The van der Waals surface area contributed by atoms with Crippen molar-refractivity contribution < 1.29 is 4.79 Å². The fourth-order valence-electron chi connectivity index (χ4n) is 2.45. The molecule has 0 aliphatic heterocycles. The minimum Gasteiger partial charge on any atom is -0.326 e. The van der Waals surface area contributed by atoms with Crippen molar-refractivity contribution in [1.29, 1.82) is 0 Å². The summed E-state index contributed by atoms with van der Waals surface area (Å²) in [7, 11) is 0. The zero-order chi connectivity index (χ0) is 14.0. The molecule has 1 aromatic rings. The van der Waals surface area contributed by atoms with Gasteiger partial charge in [-0.1, -0.05) is 29.8 Å². The average molecular weight is 272 g/mol. The number of hydrogen-bond donors (Lipinski definition) is 2. The number of benzene rings is 1. The molecule has 0 saturated heterocycles. The molecule has 0 saturated carbocycles. The molecule has 0 aromatic heterocycles. The van der Waals surface area contributed by atoms with Crippen LogP contribution in [0.15, 0.2) is 42.0 Å². The van der Waals surface area contributed by atoms with Gasteiger partial charge in [-0.2, -0.15) is 0 Å². The standard InChI is InChI=1S/C17H24N2O/c20-17(19-16-9-5-2-6-10-16)12-14-18-13-11-15-7-3-1-4-8-15/h2,5-7,9-10,18H,1,3-4,8,11-14H2,(H,19,20). The zero-order valence-electron chi connectivity index (χ0n) is 12.0. The van der Waals surface area contributed by atoms with Crippen LogP contribution in [0.25, 0.3) is 0 Å². The van der Waals surface area contributed by atoms with Crippen molar-refractivity contribution in [3.8, 4) is 0 Å². The van der Waals surface area contributed by atoms with Gasteiger partial charge < -0.3 is 10.6 Å². The molecule has 3 heteroatoms. The van der Waals surface area contributed by atoms with E-state index in [1.165, 1.54) is 25.7 Å². The van der Waals surface area contributed by atoms with Gasteiger partial charge >= 0.3 is 0 Å². The van der Waals surface area contributed by atoms with Gasteiger partial charge in [0.15, 0.2) is 0 Å². The first-order valence-corrected chi connectivity index (χ1v) is 7.58. The van der Waals surface area contributed by atoms with E-state index in [1.54, 1.807) is 5.57 Å². The van der Waals surface area contributed by atoms with Gasteiger partial charge in [0.25, 0.3) is 0 Å². The van der Waals surface area contributed by atoms with Gasteiger partial charge in [0, 0.05) is 18.7 Å². The Morgan fingerprint density at radius 2 is 1.95 bits per heavy atom. The first-order valence-electron chi connectivity index (χ1n) is 7.58. The van der Waals surface area contributed by atoms with Crippen molar-refractivity contribution in [2.45, 2.75) is 38.5 Å². The second-order valence-corrected chi connectivity index (χ2v) is 5.27. The summed E-state index contributed by atoms with van der Waals surface area (Å²) >= 11 is 0. The SMILES string of the molecule is O=C(CCNCCC1=CCCCC1)Nc1ccccc1. The summed E-state index contributed by atoms with van der Waals surface area (Å²) in [6.45, 7) is 1.72. The number of amides is 1. The quantitative estimate of drug-likeness (QED) is 0.589. The molecule has 0 heterocycles. The van der Waals surface area contributed by atoms with Gasteiger partial charge in [-0.3, -0.25) is 4.79 Å². The summed E-state index contributed by atoms with van der Waals surface area (Å²) in [4.78, 5) is 11.7. The van der Waals surface area contributed by atoms with Gasteiger partial charge in [-0.25, -0.2) is 0 Å². The normalized spacial score (nSPS) is 14.7. The fourth-order valence-corrected chi connectivity index (χ4v) is 2.45. The van der Waals surface area contributed by atoms with Crippen LogP contribution in [0, 0.1) is 0 Å². The molecule has 0 radical (unpaired) electrons. The Morgan fingerprint density at radius 3 is 2.70 bits per heavy atom. The van der Waals surface area contributed by atoms with Crippen LogP contribution in [0.2, 0.25) is 0 Å². The molecular weight excluding hydrogens is 248 g/mol. The summed E-state index contributed by atoms with van der Waals surface area (Å²) in [6, 6.07) is 9.59. The van der Waals surface area contributed by atoms with E-state index < -0.39 is 0 Å². The highest BCUT2D eigenvalue weighted by Gasteiger charge is 2.04. The monoisotopic (exact) mass is 272 g/mol. The summed E-state index contributed by atoms with van der Waals surface area (Å²) < 4.78 is 0. The second kappa shape index (κ2) is 8.54. The van der Waals surface area contributed by atoms with E-state index in [-0.39, 0.29) is 5.91 Å². The van der Waals surface area contributed by atoms with Gasteiger partial charge in [-0.15, -0.1) is 0 Å². The molecule has 0 unspecified atom stereocenters. The lowest BCUT2D eigenvalue weighted by Crippen LogP contribution is -2.23. The van der Waals surface area contributed by atoms with Gasteiger partial charge in [0.1, 0.15) is 0 Å². The number of carbonyl (C=O) groups is 1. The molecule has 1 aliphatic carbocycles. The molecule has 2 rings (SSSR count). The minimum atomic E-state index is 0.0700. The number of allylic oxidation sites excluding steroid dienone is 1. The van der Waals surface area contributed by atoms with Crippen molar-refractivity contribution in [2.75, 3.05) is 18.4 Å². The topological polar surface area (TPSA) is 41.1 Å². The number of nitrogens with one attached hydrogen (secondary N) is 2. The highest BCUT2D eigenvalue weighted by atomic mass is 16.1. The van der Waals surface area contributed by atoms with Crippen LogP contribution in [0.3, 0.4) is 0 Å². The molecule has 0 bridgehead atoms. The third-order valence-electron chi connectivity index (χ3n) is 3.59. The third kappa shape index (κ3) is 5.57. The minimum absolute atomic E-state index is 0.0700. The van der Waals surface area contributed by atoms with Gasteiger partial charge in [0.2, 0.25) is 5.91 Å². The number of para-hydroxylation sites is 1. The number of hydrogen-bond acceptors (Lipinski definition) is 2. The Balaban J connectivity index is 1.54. The number of carbonyl (C=O) groups excluding carboxylic acids is 1. The first kappa shape index (κ1) is 14.8. The van der Waals surface area contributed by atoms with E-state index in [1.807, 2.05) is 30.3 Å². The summed E-state index contributed by atoms with van der Waals surface area (Å²) in [6.07, 6.45) is 9.22. The van der Waals surface area contributed by atoms with Crippen LogP contribution in [-0.2, 0) is 4.79 Å². The summed E-state index contributed by atoms with van der Waals surface area (Å²) in [5.41, 5.74) is 2.45.